The van der Waals surface area contributed by atoms with Crippen molar-refractivity contribution in [3.63, 3.8) is 0 Å². The summed E-state index contributed by atoms with van der Waals surface area (Å²) >= 11 is 0. The molecule has 0 unspecified atom stereocenters. The second-order valence-corrected chi connectivity index (χ2v) is 5.89. The first-order valence-corrected chi connectivity index (χ1v) is 6.02. The van der Waals surface area contributed by atoms with Gasteiger partial charge in [-0.15, -0.1) is 0 Å². The predicted molar refractivity (Wildman–Crippen MR) is 58.1 cm³/mol. The molecule has 0 aliphatic heterocycles. The quantitative estimate of drug-likeness (QED) is 0.404. The molecular weight excluding hydrogens is 218 g/mol. The van der Waals surface area contributed by atoms with Gasteiger partial charge in [-0.1, -0.05) is 6.58 Å². The molecule has 0 aliphatic carbocycles. The van der Waals surface area contributed by atoms with Crippen molar-refractivity contribution in [2.24, 2.45) is 0 Å². The van der Waals surface area contributed by atoms with Crippen molar-refractivity contribution in [3.8, 4) is 0 Å². The zero-order valence-corrected chi connectivity index (χ0v) is 9.80. The molecule has 0 aromatic rings. The van der Waals surface area contributed by atoms with Crippen LogP contribution in [0.25, 0.3) is 0 Å². The fourth-order valence-electron chi connectivity index (χ4n) is 0.927. The lowest BCUT2D eigenvalue weighted by atomic mass is 10.1. The summed E-state index contributed by atoms with van der Waals surface area (Å²) < 4.78 is 29.5. The van der Waals surface area contributed by atoms with Crippen molar-refractivity contribution >= 4 is 16.0 Å². The molecule has 0 saturated heterocycles. The van der Waals surface area contributed by atoms with E-state index in [0.29, 0.717) is 13.0 Å². The van der Waals surface area contributed by atoms with Crippen LogP contribution in [0, 0.1) is 0 Å². The maximum Gasteiger partial charge on any atom is 0.270 e. The van der Waals surface area contributed by atoms with Crippen molar-refractivity contribution in [1.29, 1.82) is 0 Å². The SMILES string of the molecule is C=CC(=O)NCCCC(C)(C)S(=O)(=O)O. The van der Waals surface area contributed by atoms with Crippen LogP contribution in [0.2, 0.25) is 0 Å². The second kappa shape index (κ2) is 5.27. The topological polar surface area (TPSA) is 83.5 Å². The first-order chi connectivity index (χ1) is 6.70. The van der Waals surface area contributed by atoms with Crippen LogP contribution in [-0.2, 0) is 14.9 Å². The highest BCUT2D eigenvalue weighted by Crippen LogP contribution is 2.20. The van der Waals surface area contributed by atoms with Gasteiger partial charge in [-0.05, 0) is 32.8 Å². The van der Waals surface area contributed by atoms with E-state index in [1.165, 1.54) is 13.8 Å². The van der Waals surface area contributed by atoms with E-state index >= 15 is 0 Å². The first-order valence-electron chi connectivity index (χ1n) is 4.58. The van der Waals surface area contributed by atoms with Crippen LogP contribution in [0.1, 0.15) is 26.7 Å². The standard InChI is InChI=1S/C9H17NO4S/c1-4-8(11)10-7-5-6-9(2,3)15(12,13)14/h4H,1,5-7H2,2-3H3,(H,10,11)(H,12,13,14). The highest BCUT2D eigenvalue weighted by atomic mass is 32.2. The summed E-state index contributed by atoms with van der Waals surface area (Å²) in [5.74, 6) is -0.292. The Kier molecular flexibility index (Phi) is 4.96. The van der Waals surface area contributed by atoms with Crippen LogP contribution >= 0.6 is 0 Å². The van der Waals surface area contributed by atoms with Crippen molar-refractivity contribution in [1.82, 2.24) is 5.32 Å². The number of nitrogens with one attached hydrogen (secondary N) is 1. The van der Waals surface area contributed by atoms with E-state index in [4.69, 9.17) is 4.55 Å². The van der Waals surface area contributed by atoms with Gasteiger partial charge in [0.2, 0.25) is 5.91 Å². The van der Waals surface area contributed by atoms with Gasteiger partial charge in [-0.3, -0.25) is 9.35 Å². The van der Waals surface area contributed by atoms with E-state index in [1.807, 2.05) is 0 Å². The van der Waals surface area contributed by atoms with Gasteiger partial charge in [0.25, 0.3) is 10.1 Å². The van der Waals surface area contributed by atoms with Crippen LogP contribution in [0.4, 0.5) is 0 Å². The molecule has 0 saturated carbocycles. The molecule has 0 heterocycles. The normalized spacial score (nSPS) is 12.2. The molecule has 0 aromatic heterocycles. The largest absolute Gasteiger partial charge is 0.353 e. The smallest absolute Gasteiger partial charge is 0.270 e. The Bertz CT molecular complexity index is 332. The van der Waals surface area contributed by atoms with Gasteiger partial charge in [0.05, 0.1) is 4.75 Å². The van der Waals surface area contributed by atoms with Gasteiger partial charge in [0.1, 0.15) is 0 Å². The van der Waals surface area contributed by atoms with E-state index in [-0.39, 0.29) is 12.3 Å². The molecule has 0 radical (unpaired) electrons. The average Bonchev–Trinajstić information content (AvgIpc) is 2.10. The minimum atomic E-state index is -4.04. The molecular formula is C9H17NO4S. The molecule has 0 bridgehead atoms. The summed E-state index contributed by atoms with van der Waals surface area (Å²) in [5.41, 5.74) is 0. The van der Waals surface area contributed by atoms with Crippen LogP contribution < -0.4 is 5.32 Å². The maximum absolute atomic E-state index is 10.9. The molecule has 0 spiro atoms. The minimum absolute atomic E-state index is 0.281. The van der Waals surface area contributed by atoms with Crippen LogP contribution in [-0.4, -0.2) is 30.2 Å². The highest BCUT2D eigenvalue weighted by Gasteiger charge is 2.31. The van der Waals surface area contributed by atoms with Gasteiger partial charge < -0.3 is 5.32 Å². The lowest BCUT2D eigenvalue weighted by Crippen LogP contribution is -2.32. The number of carbonyl (C=O) groups excluding carboxylic acids is 1. The number of hydrogen-bond acceptors (Lipinski definition) is 3. The summed E-state index contributed by atoms with van der Waals surface area (Å²) in [6.45, 7) is 6.53. The molecule has 0 atom stereocenters. The van der Waals surface area contributed by atoms with Gasteiger partial charge in [-0.2, -0.15) is 8.42 Å². The zero-order valence-electron chi connectivity index (χ0n) is 8.99. The molecule has 2 N–H and O–H groups in total. The Morgan fingerprint density at radius 3 is 2.47 bits per heavy atom. The summed E-state index contributed by atoms with van der Waals surface area (Å²) in [5, 5.41) is 2.52. The van der Waals surface area contributed by atoms with Gasteiger partial charge in [0, 0.05) is 6.54 Å². The molecule has 15 heavy (non-hydrogen) atoms. The fourth-order valence-corrected chi connectivity index (χ4v) is 1.33. The third-order valence-corrected chi connectivity index (χ3v) is 3.74. The molecule has 6 heteroatoms. The Morgan fingerprint density at radius 1 is 1.53 bits per heavy atom. The molecule has 0 aromatic carbocycles. The van der Waals surface area contributed by atoms with Crippen LogP contribution in [0.15, 0.2) is 12.7 Å². The molecule has 88 valence electrons. The molecule has 0 fully saturated rings. The number of amides is 1. The van der Waals surface area contributed by atoms with Crippen molar-refractivity contribution in [2.45, 2.75) is 31.4 Å². The number of carbonyl (C=O) groups is 1. The molecule has 0 aliphatic rings. The van der Waals surface area contributed by atoms with E-state index < -0.39 is 14.9 Å². The van der Waals surface area contributed by atoms with Gasteiger partial charge in [0.15, 0.2) is 0 Å². The van der Waals surface area contributed by atoms with Gasteiger partial charge in [-0.25, -0.2) is 0 Å². The minimum Gasteiger partial charge on any atom is -0.353 e. The third-order valence-electron chi connectivity index (χ3n) is 2.14. The Morgan fingerprint density at radius 2 is 2.07 bits per heavy atom. The van der Waals surface area contributed by atoms with Crippen LogP contribution in [0.3, 0.4) is 0 Å². The Hall–Kier alpha value is -0.880. The van der Waals surface area contributed by atoms with Crippen molar-refractivity contribution < 1.29 is 17.8 Å². The number of hydrogen-bond donors (Lipinski definition) is 2. The zero-order chi connectivity index (χ0) is 12.1. The summed E-state index contributed by atoms with van der Waals surface area (Å²) in [6, 6.07) is 0. The summed E-state index contributed by atoms with van der Waals surface area (Å²) in [6.07, 6.45) is 1.91. The lowest BCUT2D eigenvalue weighted by Gasteiger charge is -2.20. The first kappa shape index (κ1) is 14.1. The Labute approximate surface area is 90.3 Å². The maximum atomic E-state index is 10.9. The van der Waals surface area contributed by atoms with E-state index in [9.17, 15) is 13.2 Å². The fraction of sp³-hybridized carbons (Fsp3) is 0.667. The second-order valence-electron chi connectivity index (χ2n) is 3.83. The van der Waals surface area contributed by atoms with E-state index in [2.05, 4.69) is 11.9 Å². The van der Waals surface area contributed by atoms with Crippen molar-refractivity contribution in [2.75, 3.05) is 6.54 Å². The third kappa shape index (κ3) is 4.94. The summed E-state index contributed by atoms with van der Waals surface area (Å²) in [7, 11) is -4.04. The monoisotopic (exact) mass is 235 g/mol. The van der Waals surface area contributed by atoms with E-state index in [1.54, 1.807) is 0 Å². The average molecular weight is 235 g/mol. The molecule has 1 amide bonds. The summed E-state index contributed by atoms with van der Waals surface area (Å²) in [4.78, 5) is 10.7. The van der Waals surface area contributed by atoms with E-state index in [0.717, 1.165) is 6.08 Å². The molecule has 5 nitrogen and oxygen atoms in total. The van der Waals surface area contributed by atoms with Gasteiger partial charge >= 0.3 is 0 Å². The molecule has 0 rings (SSSR count). The number of rotatable bonds is 6. The van der Waals surface area contributed by atoms with Crippen molar-refractivity contribution in [3.05, 3.63) is 12.7 Å². The lowest BCUT2D eigenvalue weighted by molar-refractivity contribution is -0.116. The predicted octanol–water partition coefficient (Wildman–Crippen LogP) is 0.735. The Balaban J connectivity index is 3.97. The highest BCUT2D eigenvalue weighted by molar-refractivity contribution is 7.87. The van der Waals surface area contributed by atoms with Crippen LogP contribution in [0.5, 0.6) is 0 Å².